The third-order valence-corrected chi connectivity index (χ3v) is 3.73. The number of carbonyl (C=O) groups is 2. The second-order valence-corrected chi connectivity index (χ2v) is 6.40. The van der Waals surface area contributed by atoms with Crippen LogP contribution in [0.15, 0.2) is 30.3 Å². The third kappa shape index (κ3) is 5.40. The van der Waals surface area contributed by atoms with Gasteiger partial charge < -0.3 is 5.32 Å². The molecule has 1 rings (SSSR count). The number of rotatable bonds is 6. The van der Waals surface area contributed by atoms with Crippen molar-refractivity contribution in [2.75, 3.05) is 12.3 Å². The molecule has 0 bridgehead atoms. The number of hydrogen-bond donors (Lipinski definition) is 2. The fourth-order valence-electron chi connectivity index (χ4n) is 1.31. The number of nitrogens with one attached hydrogen (secondary N) is 2. The Morgan fingerprint density at radius 2 is 1.75 bits per heavy atom. The van der Waals surface area contributed by atoms with E-state index in [1.807, 2.05) is 4.72 Å². The van der Waals surface area contributed by atoms with Gasteiger partial charge in [-0.15, -0.1) is 0 Å². The second kappa shape index (κ2) is 7.04. The van der Waals surface area contributed by atoms with Crippen LogP contribution in [-0.2, 0) is 14.8 Å². The standard InChI is InChI=1S/C13H18N2O4S/c1-10(2)12(16)15-20(18,19)9-8-14-13(17)11-6-4-3-5-7-11/h3-7,10H,8-9H2,1-2H3,(H,14,17)(H,15,16). The van der Waals surface area contributed by atoms with Gasteiger partial charge in [0.15, 0.2) is 0 Å². The topological polar surface area (TPSA) is 92.3 Å². The first-order valence-electron chi connectivity index (χ1n) is 6.19. The molecule has 1 aromatic rings. The Morgan fingerprint density at radius 1 is 1.15 bits per heavy atom. The van der Waals surface area contributed by atoms with Crippen LogP contribution >= 0.6 is 0 Å². The van der Waals surface area contributed by atoms with Gasteiger partial charge in [-0.25, -0.2) is 8.42 Å². The summed E-state index contributed by atoms with van der Waals surface area (Å²) < 4.78 is 25.1. The molecule has 0 aliphatic rings. The summed E-state index contributed by atoms with van der Waals surface area (Å²) in [6, 6.07) is 8.47. The Kier molecular flexibility index (Phi) is 5.69. The number of benzene rings is 1. The van der Waals surface area contributed by atoms with Gasteiger partial charge in [-0.3, -0.25) is 14.3 Å². The summed E-state index contributed by atoms with van der Waals surface area (Å²) in [5.41, 5.74) is 0.455. The summed E-state index contributed by atoms with van der Waals surface area (Å²) in [4.78, 5) is 23.0. The monoisotopic (exact) mass is 298 g/mol. The molecule has 0 saturated heterocycles. The summed E-state index contributed by atoms with van der Waals surface area (Å²) >= 11 is 0. The Morgan fingerprint density at radius 3 is 2.30 bits per heavy atom. The van der Waals surface area contributed by atoms with E-state index in [2.05, 4.69) is 5.32 Å². The van der Waals surface area contributed by atoms with Crippen LogP contribution in [0.3, 0.4) is 0 Å². The van der Waals surface area contributed by atoms with E-state index in [4.69, 9.17) is 0 Å². The van der Waals surface area contributed by atoms with Crippen LogP contribution in [0.4, 0.5) is 0 Å². The van der Waals surface area contributed by atoms with Crippen LogP contribution in [0, 0.1) is 5.92 Å². The van der Waals surface area contributed by atoms with E-state index < -0.39 is 21.8 Å². The number of amides is 2. The van der Waals surface area contributed by atoms with Crippen molar-refractivity contribution in [1.29, 1.82) is 0 Å². The lowest BCUT2D eigenvalue weighted by molar-refractivity contribution is -0.122. The van der Waals surface area contributed by atoms with Crippen molar-refractivity contribution in [3.8, 4) is 0 Å². The van der Waals surface area contributed by atoms with Gasteiger partial charge in [0.05, 0.1) is 5.75 Å². The first-order valence-corrected chi connectivity index (χ1v) is 7.84. The molecule has 2 amide bonds. The predicted molar refractivity (Wildman–Crippen MR) is 75.5 cm³/mol. The second-order valence-electron chi connectivity index (χ2n) is 4.56. The Bertz CT molecular complexity index is 567. The normalized spacial score (nSPS) is 11.2. The summed E-state index contributed by atoms with van der Waals surface area (Å²) in [6.45, 7) is 3.14. The third-order valence-electron chi connectivity index (χ3n) is 2.47. The maximum absolute atomic E-state index is 11.7. The Hall–Kier alpha value is -1.89. The maximum Gasteiger partial charge on any atom is 0.251 e. The average molecular weight is 298 g/mol. The van der Waals surface area contributed by atoms with Crippen molar-refractivity contribution < 1.29 is 18.0 Å². The first kappa shape index (κ1) is 16.2. The van der Waals surface area contributed by atoms with Gasteiger partial charge >= 0.3 is 0 Å². The summed E-state index contributed by atoms with van der Waals surface area (Å²) in [5.74, 6) is -1.66. The molecule has 110 valence electrons. The predicted octanol–water partition coefficient (Wildman–Crippen LogP) is 0.518. The van der Waals surface area contributed by atoms with Crippen molar-refractivity contribution in [3.63, 3.8) is 0 Å². The smallest absolute Gasteiger partial charge is 0.251 e. The van der Waals surface area contributed by atoms with E-state index in [0.29, 0.717) is 5.56 Å². The zero-order valence-electron chi connectivity index (χ0n) is 11.4. The molecule has 0 fully saturated rings. The molecular weight excluding hydrogens is 280 g/mol. The number of hydrogen-bond acceptors (Lipinski definition) is 4. The van der Waals surface area contributed by atoms with Crippen molar-refractivity contribution in [1.82, 2.24) is 10.0 Å². The highest BCUT2D eigenvalue weighted by atomic mass is 32.2. The van der Waals surface area contributed by atoms with Gasteiger partial charge in [-0.2, -0.15) is 0 Å². The lowest BCUT2D eigenvalue weighted by Crippen LogP contribution is -2.39. The number of carbonyl (C=O) groups excluding carboxylic acids is 2. The molecular formula is C13H18N2O4S. The lowest BCUT2D eigenvalue weighted by Gasteiger charge is -2.09. The van der Waals surface area contributed by atoms with E-state index in [1.54, 1.807) is 44.2 Å². The fraction of sp³-hybridized carbons (Fsp3) is 0.385. The molecule has 20 heavy (non-hydrogen) atoms. The quantitative estimate of drug-likeness (QED) is 0.800. The van der Waals surface area contributed by atoms with Crippen LogP contribution in [0.1, 0.15) is 24.2 Å². The van der Waals surface area contributed by atoms with Gasteiger partial charge in [0.1, 0.15) is 0 Å². The SMILES string of the molecule is CC(C)C(=O)NS(=O)(=O)CCNC(=O)c1ccccc1. The van der Waals surface area contributed by atoms with E-state index in [0.717, 1.165) is 0 Å². The first-order chi connectivity index (χ1) is 9.32. The Balaban J connectivity index is 2.44. The highest BCUT2D eigenvalue weighted by Gasteiger charge is 2.17. The van der Waals surface area contributed by atoms with Crippen LogP contribution in [0.5, 0.6) is 0 Å². The van der Waals surface area contributed by atoms with Crippen LogP contribution in [0.25, 0.3) is 0 Å². The largest absolute Gasteiger partial charge is 0.351 e. The highest BCUT2D eigenvalue weighted by molar-refractivity contribution is 7.90. The molecule has 2 N–H and O–H groups in total. The molecule has 0 unspecified atom stereocenters. The van der Waals surface area contributed by atoms with Gasteiger partial charge in [0.2, 0.25) is 15.9 Å². The van der Waals surface area contributed by atoms with Crippen LogP contribution in [-0.4, -0.2) is 32.5 Å². The zero-order chi connectivity index (χ0) is 15.2. The Labute approximate surface area is 118 Å². The van der Waals surface area contributed by atoms with Crippen molar-refractivity contribution in [2.24, 2.45) is 5.92 Å². The molecule has 0 atom stereocenters. The van der Waals surface area contributed by atoms with E-state index >= 15 is 0 Å². The van der Waals surface area contributed by atoms with E-state index in [-0.39, 0.29) is 18.2 Å². The maximum atomic E-state index is 11.7. The number of sulfonamides is 1. The van der Waals surface area contributed by atoms with E-state index in [1.165, 1.54) is 0 Å². The van der Waals surface area contributed by atoms with E-state index in [9.17, 15) is 18.0 Å². The minimum Gasteiger partial charge on any atom is -0.351 e. The zero-order valence-corrected chi connectivity index (χ0v) is 12.2. The summed E-state index contributed by atoms with van der Waals surface area (Å²) in [6.07, 6.45) is 0. The lowest BCUT2D eigenvalue weighted by atomic mass is 10.2. The molecule has 7 heteroatoms. The van der Waals surface area contributed by atoms with Crippen molar-refractivity contribution in [3.05, 3.63) is 35.9 Å². The minimum atomic E-state index is -3.72. The molecule has 0 heterocycles. The van der Waals surface area contributed by atoms with Gasteiger partial charge in [-0.05, 0) is 12.1 Å². The minimum absolute atomic E-state index is 0.0611. The molecule has 0 aromatic heterocycles. The van der Waals surface area contributed by atoms with Gasteiger partial charge in [0.25, 0.3) is 5.91 Å². The molecule has 0 radical (unpaired) electrons. The van der Waals surface area contributed by atoms with Gasteiger partial charge in [0, 0.05) is 18.0 Å². The molecule has 0 spiro atoms. The molecule has 1 aromatic carbocycles. The van der Waals surface area contributed by atoms with Crippen molar-refractivity contribution >= 4 is 21.8 Å². The fourth-order valence-corrected chi connectivity index (χ4v) is 2.33. The summed E-state index contributed by atoms with van der Waals surface area (Å²) in [5, 5.41) is 2.49. The summed E-state index contributed by atoms with van der Waals surface area (Å²) in [7, 11) is -3.72. The average Bonchev–Trinajstić information content (AvgIpc) is 2.38. The van der Waals surface area contributed by atoms with Crippen molar-refractivity contribution in [2.45, 2.75) is 13.8 Å². The molecule has 6 nitrogen and oxygen atoms in total. The molecule has 0 aliphatic heterocycles. The highest BCUT2D eigenvalue weighted by Crippen LogP contribution is 1.98. The van der Waals surface area contributed by atoms with Crippen LogP contribution in [0.2, 0.25) is 0 Å². The molecule has 0 aliphatic carbocycles. The van der Waals surface area contributed by atoms with Gasteiger partial charge in [-0.1, -0.05) is 32.0 Å². The molecule has 0 saturated carbocycles. The van der Waals surface area contributed by atoms with Crippen LogP contribution < -0.4 is 10.0 Å².